The molecule has 1 heterocycles. The third-order valence-corrected chi connectivity index (χ3v) is 3.86. The standard InChI is InChI=1S/C17H25NO/c1-5-12(2)10-13(3)18-14(4)17-11-15-8-6-7-9-16(15)19-17/h6-9,11-14,18H,5,10H2,1-4H3. The quantitative estimate of drug-likeness (QED) is 0.797. The van der Waals surface area contributed by atoms with Crippen LogP contribution >= 0.6 is 0 Å². The molecule has 2 rings (SSSR count). The molecular formula is C17H25NO. The van der Waals surface area contributed by atoms with Gasteiger partial charge in [-0.3, -0.25) is 0 Å². The van der Waals surface area contributed by atoms with Gasteiger partial charge in [-0.25, -0.2) is 0 Å². The first-order valence-electron chi connectivity index (χ1n) is 7.34. The lowest BCUT2D eigenvalue weighted by Crippen LogP contribution is -2.30. The molecule has 1 aromatic heterocycles. The minimum absolute atomic E-state index is 0.256. The van der Waals surface area contributed by atoms with E-state index in [2.05, 4.69) is 45.1 Å². The maximum absolute atomic E-state index is 5.90. The van der Waals surface area contributed by atoms with E-state index in [1.165, 1.54) is 18.2 Å². The van der Waals surface area contributed by atoms with Crippen molar-refractivity contribution in [3.63, 3.8) is 0 Å². The molecule has 0 fully saturated rings. The lowest BCUT2D eigenvalue weighted by molar-refractivity contribution is 0.359. The second-order valence-electron chi connectivity index (χ2n) is 5.73. The number of rotatable bonds is 6. The molecule has 0 aliphatic carbocycles. The Hall–Kier alpha value is -1.28. The predicted octanol–water partition coefficient (Wildman–Crippen LogP) is 4.91. The van der Waals surface area contributed by atoms with Gasteiger partial charge in [0.25, 0.3) is 0 Å². The molecule has 3 atom stereocenters. The highest BCUT2D eigenvalue weighted by molar-refractivity contribution is 5.77. The van der Waals surface area contributed by atoms with E-state index in [4.69, 9.17) is 4.42 Å². The molecule has 2 nitrogen and oxygen atoms in total. The predicted molar refractivity (Wildman–Crippen MR) is 81.3 cm³/mol. The van der Waals surface area contributed by atoms with E-state index in [-0.39, 0.29) is 6.04 Å². The summed E-state index contributed by atoms with van der Waals surface area (Å²) in [7, 11) is 0. The van der Waals surface area contributed by atoms with Crippen LogP contribution in [-0.2, 0) is 0 Å². The van der Waals surface area contributed by atoms with E-state index >= 15 is 0 Å². The van der Waals surface area contributed by atoms with Crippen molar-refractivity contribution in [3.8, 4) is 0 Å². The monoisotopic (exact) mass is 259 g/mol. The molecule has 1 aromatic carbocycles. The van der Waals surface area contributed by atoms with Gasteiger partial charge in [0.15, 0.2) is 0 Å². The van der Waals surface area contributed by atoms with Gasteiger partial charge in [0.05, 0.1) is 6.04 Å². The molecule has 19 heavy (non-hydrogen) atoms. The van der Waals surface area contributed by atoms with Crippen molar-refractivity contribution in [2.45, 2.75) is 52.6 Å². The molecule has 3 unspecified atom stereocenters. The smallest absolute Gasteiger partial charge is 0.134 e. The van der Waals surface area contributed by atoms with Gasteiger partial charge in [0, 0.05) is 11.4 Å². The summed E-state index contributed by atoms with van der Waals surface area (Å²) in [6.07, 6.45) is 2.45. The summed E-state index contributed by atoms with van der Waals surface area (Å²) < 4.78 is 5.90. The summed E-state index contributed by atoms with van der Waals surface area (Å²) in [4.78, 5) is 0. The summed E-state index contributed by atoms with van der Waals surface area (Å²) >= 11 is 0. The third-order valence-electron chi connectivity index (χ3n) is 3.86. The van der Waals surface area contributed by atoms with E-state index in [0.717, 1.165) is 17.3 Å². The zero-order chi connectivity index (χ0) is 13.8. The fourth-order valence-electron chi connectivity index (χ4n) is 2.56. The van der Waals surface area contributed by atoms with Crippen LogP contribution in [0.25, 0.3) is 11.0 Å². The normalized spacial score (nSPS) is 16.4. The number of hydrogen-bond acceptors (Lipinski definition) is 2. The van der Waals surface area contributed by atoms with Gasteiger partial charge in [0.1, 0.15) is 11.3 Å². The van der Waals surface area contributed by atoms with Crippen LogP contribution in [0.1, 0.15) is 52.3 Å². The second-order valence-corrected chi connectivity index (χ2v) is 5.73. The largest absolute Gasteiger partial charge is 0.459 e. The van der Waals surface area contributed by atoms with Crippen LogP contribution in [0, 0.1) is 5.92 Å². The summed E-state index contributed by atoms with van der Waals surface area (Å²) in [6, 6.07) is 11.1. The van der Waals surface area contributed by atoms with Gasteiger partial charge < -0.3 is 9.73 Å². The minimum atomic E-state index is 0.256. The van der Waals surface area contributed by atoms with Gasteiger partial charge in [0.2, 0.25) is 0 Å². The average molecular weight is 259 g/mol. The molecule has 0 bridgehead atoms. The molecular weight excluding hydrogens is 234 g/mol. The van der Waals surface area contributed by atoms with E-state index in [0.29, 0.717) is 6.04 Å². The number of furan rings is 1. The summed E-state index contributed by atoms with van der Waals surface area (Å²) in [6.45, 7) is 8.99. The van der Waals surface area contributed by atoms with Crippen LogP contribution in [0.4, 0.5) is 0 Å². The number of nitrogens with one attached hydrogen (secondary N) is 1. The Morgan fingerprint density at radius 2 is 1.89 bits per heavy atom. The summed E-state index contributed by atoms with van der Waals surface area (Å²) in [5.41, 5.74) is 0.973. The van der Waals surface area contributed by atoms with Crippen LogP contribution in [0.3, 0.4) is 0 Å². The fourth-order valence-corrected chi connectivity index (χ4v) is 2.56. The Morgan fingerprint density at radius 3 is 2.58 bits per heavy atom. The SMILES string of the molecule is CCC(C)CC(C)NC(C)c1cc2ccccc2o1. The Labute approximate surface area is 116 Å². The number of benzene rings is 1. The van der Waals surface area contributed by atoms with Crippen LogP contribution in [0.15, 0.2) is 34.7 Å². The van der Waals surface area contributed by atoms with Crippen molar-refractivity contribution in [2.24, 2.45) is 5.92 Å². The summed E-state index contributed by atoms with van der Waals surface area (Å²) in [5.74, 6) is 1.79. The minimum Gasteiger partial charge on any atom is -0.459 e. The lowest BCUT2D eigenvalue weighted by atomic mass is 10.00. The van der Waals surface area contributed by atoms with Crippen molar-refractivity contribution in [1.29, 1.82) is 0 Å². The van der Waals surface area contributed by atoms with E-state index < -0.39 is 0 Å². The highest BCUT2D eigenvalue weighted by atomic mass is 16.3. The van der Waals surface area contributed by atoms with E-state index in [1.54, 1.807) is 0 Å². The maximum Gasteiger partial charge on any atom is 0.134 e. The lowest BCUT2D eigenvalue weighted by Gasteiger charge is -2.21. The zero-order valence-corrected chi connectivity index (χ0v) is 12.4. The fraction of sp³-hybridized carbons (Fsp3) is 0.529. The molecule has 0 spiro atoms. The Morgan fingerprint density at radius 1 is 1.16 bits per heavy atom. The highest BCUT2D eigenvalue weighted by Crippen LogP contribution is 2.24. The van der Waals surface area contributed by atoms with Gasteiger partial charge >= 0.3 is 0 Å². The van der Waals surface area contributed by atoms with Crippen LogP contribution in [0.2, 0.25) is 0 Å². The van der Waals surface area contributed by atoms with Gasteiger partial charge in [-0.2, -0.15) is 0 Å². The molecule has 0 aliphatic heterocycles. The van der Waals surface area contributed by atoms with Gasteiger partial charge in [-0.15, -0.1) is 0 Å². The van der Waals surface area contributed by atoms with Gasteiger partial charge in [-0.05, 0) is 38.3 Å². The molecule has 1 N–H and O–H groups in total. The Kier molecular flexibility index (Phi) is 4.65. The van der Waals surface area contributed by atoms with Crippen LogP contribution < -0.4 is 5.32 Å². The average Bonchev–Trinajstić information content (AvgIpc) is 2.82. The number of hydrogen-bond donors (Lipinski definition) is 1. The number of para-hydroxylation sites is 1. The topological polar surface area (TPSA) is 25.2 Å². The molecule has 0 radical (unpaired) electrons. The Bertz CT molecular complexity index is 484. The van der Waals surface area contributed by atoms with Crippen molar-refractivity contribution in [2.75, 3.05) is 0 Å². The van der Waals surface area contributed by atoms with E-state index in [1.807, 2.05) is 18.2 Å². The summed E-state index contributed by atoms with van der Waals surface area (Å²) in [5, 5.41) is 4.81. The first-order chi connectivity index (χ1) is 9.10. The van der Waals surface area contributed by atoms with Crippen LogP contribution in [0.5, 0.6) is 0 Å². The first kappa shape index (κ1) is 14.1. The highest BCUT2D eigenvalue weighted by Gasteiger charge is 2.15. The molecule has 2 aromatic rings. The molecule has 0 saturated heterocycles. The zero-order valence-electron chi connectivity index (χ0n) is 12.4. The molecule has 104 valence electrons. The Balaban J connectivity index is 2.01. The van der Waals surface area contributed by atoms with Crippen molar-refractivity contribution in [3.05, 3.63) is 36.1 Å². The van der Waals surface area contributed by atoms with Crippen molar-refractivity contribution < 1.29 is 4.42 Å². The van der Waals surface area contributed by atoms with Gasteiger partial charge in [-0.1, -0.05) is 38.5 Å². The third kappa shape index (κ3) is 3.60. The molecule has 2 heteroatoms. The molecule has 0 saturated carbocycles. The second kappa shape index (κ2) is 6.25. The molecule has 0 aliphatic rings. The first-order valence-corrected chi connectivity index (χ1v) is 7.34. The van der Waals surface area contributed by atoms with Crippen LogP contribution in [-0.4, -0.2) is 6.04 Å². The van der Waals surface area contributed by atoms with E-state index in [9.17, 15) is 0 Å². The molecule has 0 amide bonds. The number of fused-ring (bicyclic) bond motifs is 1. The van der Waals surface area contributed by atoms with Crippen molar-refractivity contribution in [1.82, 2.24) is 5.32 Å². The van der Waals surface area contributed by atoms with Crippen molar-refractivity contribution >= 4 is 11.0 Å². The maximum atomic E-state index is 5.90.